The van der Waals surface area contributed by atoms with Crippen molar-refractivity contribution in [2.24, 2.45) is 0 Å². The summed E-state index contributed by atoms with van der Waals surface area (Å²) >= 11 is 5.84. The van der Waals surface area contributed by atoms with Gasteiger partial charge in [0.2, 0.25) is 5.91 Å². The van der Waals surface area contributed by atoms with E-state index in [4.69, 9.17) is 16.7 Å². The van der Waals surface area contributed by atoms with Crippen LogP contribution < -0.4 is 5.32 Å². The first-order valence-corrected chi connectivity index (χ1v) is 6.59. The molecule has 0 fully saturated rings. The minimum Gasteiger partial charge on any atom is -0.478 e. The molecule has 0 saturated heterocycles. The van der Waals surface area contributed by atoms with Crippen LogP contribution >= 0.6 is 11.6 Å². The highest BCUT2D eigenvalue weighted by molar-refractivity contribution is 6.31. The molecule has 0 radical (unpaired) electrons. The van der Waals surface area contributed by atoms with Crippen molar-refractivity contribution in [2.75, 3.05) is 5.32 Å². The molecule has 1 amide bonds. The number of rotatable bonds is 4. The van der Waals surface area contributed by atoms with E-state index in [9.17, 15) is 9.59 Å². The Morgan fingerprint density at radius 3 is 2.62 bits per heavy atom. The number of aryl methyl sites for hydroxylation is 2. The van der Waals surface area contributed by atoms with Gasteiger partial charge in [-0.25, -0.2) is 4.79 Å². The van der Waals surface area contributed by atoms with Crippen molar-refractivity contribution in [3.05, 3.63) is 45.7 Å². The lowest BCUT2D eigenvalue weighted by molar-refractivity contribution is -0.115. The number of amides is 1. The first-order chi connectivity index (χ1) is 9.86. The zero-order valence-electron chi connectivity index (χ0n) is 11.5. The number of aromatic amines is 1. The number of aromatic nitrogens is 2. The third-order valence-electron chi connectivity index (χ3n) is 3.05. The molecule has 6 nitrogen and oxygen atoms in total. The predicted octanol–water partition coefficient (Wildman–Crippen LogP) is 2.56. The van der Waals surface area contributed by atoms with E-state index in [0.29, 0.717) is 5.69 Å². The Hall–Kier alpha value is -2.34. The highest BCUT2D eigenvalue weighted by atomic mass is 35.5. The molecule has 110 valence electrons. The molecular weight excluding hydrogens is 294 g/mol. The van der Waals surface area contributed by atoms with Gasteiger partial charge in [0, 0.05) is 22.0 Å². The van der Waals surface area contributed by atoms with Gasteiger partial charge in [0.25, 0.3) is 0 Å². The fraction of sp³-hybridized carbons (Fsp3) is 0.214. The predicted molar refractivity (Wildman–Crippen MR) is 78.8 cm³/mol. The monoisotopic (exact) mass is 307 g/mol. The fourth-order valence-corrected chi connectivity index (χ4v) is 2.22. The van der Waals surface area contributed by atoms with Crippen LogP contribution in [-0.2, 0) is 11.2 Å². The van der Waals surface area contributed by atoms with Crippen molar-refractivity contribution in [1.29, 1.82) is 0 Å². The third kappa shape index (κ3) is 3.61. The molecule has 0 unspecified atom stereocenters. The number of hydrogen-bond donors (Lipinski definition) is 3. The maximum Gasteiger partial charge on any atom is 0.335 e. The van der Waals surface area contributed by atoms with E-state index < -0.39 is 5.97 Å². The van der Waals surface area contributed by atoms with Crippen molar-refractivity contribution in [1.82, 2.24) is 10.2 Å². The minimum absolute atomic E-state index is 0.0217. The van der Waals surface area contributed by atoms with Gasteiger partial charge in [0.1, 0.15) is 0 Å². The van der Waals surface area contributed by atoms with Crippen LogP contribution in [0.4, 0.5) is 5.69 Å². The first-order valence-electron chi connectivity index (χ1n) is 6.21. The number of hydrogen-bond acceptors (Lipinski definition) is 3. The molecule has 0 aliphatic rings. The highest BCUT2D eigenvalue weighted by Crippen LogP contribution is 2.20. The molecule has 3 N–H and O–H groups in total. The first kappa shape index (κ1) is 15.1. The Morgan fingerprint density at radius 1 is 1.33 bits per heavy atom. The van der Waals surface area contributed by atoms with E-state index in [1.165, 1.54) is 18.2 Å². The summed E-state index contributed by atoms with van der Waals surface area (Å²) in [5.41, 5.74) is 2.80. The zero-order chi connectivity index (χ0) is 15.6. The lowest BCUT2D eigenvalue weighted by atomic mass is 10.1. The van der Waals surface area contributed by atoms with Crippen LogP contribution in [-0.4, -0.2) is 27.2 Å². The summed E-state index contributed by atoms with van der Waals surface area (Å²) in [5, 5.41) is 18.7. The number of halogens is 1. The quantitative estimate of drug-likeness (QED) is 0.809. The zero-order valence-corrected chi connectivity index (χ0v) is 12.3. The van der Waals surface area contributed by atoms with Crippen molar-refractivity contribution < 1.29 is 14.7 Å². The van der Waals surface area contributed by atoms with Crippen LogP contribution in [0.2, 0.25) is 5.02 Å². The molecular formula is C14H14ClN3O3. The summed E-state index contributed by atoms with van der Waals surface area (Å²) in [6.07, 6.45) is 0.156. The molecule has 7 heteroatoms. The van der Waals surface area contributed by atoms with Crippen molar-refractivity contribution in [2.45, 2.75) is 20.3 Å². The molecule has 1 heterocycles. The van der Waals surface area contributed by atoms with Gasteiger partial charge in [0.15, 0.2) is 0 Å². The van der Waals surface area contributed by atoms with Crippen LogP contribution in [0.25, 0.3) is 0 Å². The molecule has 0 aliphatic carbocycles. The van der Waals surface area contributed by atoms with Crippen molar-refractivity contribution >= 4 is 29.2 Å². The second kappa shape index (κ2) is 5.97. The highest BCUT2D eigenvalue weighted by Gasteiger charge is 2.13. The smallest absolute Gasteiger partial charge is 0.335 e. The van der Waals surface area contributed by atoms with E-state index in [-0.39, 0.29) is 22.9 Å². The van der Waals surface area contributed by atoms with Gasteiger partial charge in [0.05, 0.1) is 17.7 Å². The number of nitrogens with one attached hydrogen (secondary N) is 2. The van der Waals surface area contributed by atoms with Crippen molar-refractivity contribution in [3.8, 4) is 0 Å². The Balaban J connectivity index is 2.15. The minimum atomic E-state index is -1.10. The van der Waals surface area contributed by atoms with E-state index in [2.05, 4.69) is 15.5 Å². The normalized spacial score (nSPS) is 10.4. The number of nitrogens with zero attached hydrogens (tertiary/aromatic N) is 1. The molecule has 0 aliphatic heterocycles. The molecule has 1 aromatic heterocycles. The molecule has 21 heavy (non-hydrogen) atoms. The standard InChI is InChI=1S/C14H14ClN3O3/c1-7-12(8(2)18-17-7)6-13(19)16-11-4-9(14(20)21)3-10(15)5-11/h3-5H,6H2,1-2H3,(H,16,19)(H,17,18)(H,20,21). The maximum absolute atomic E-state index is 12.0. The SMILES string of the molecule is Cc1n[nH]c(C)c1CC(=O)Nc1cc(Cl)cc(C(=O)O)c1. The van der Waals surface area contributed by atoms with Gasteiger partial charge in [-0.15, -0.1) is 0 Å². The largest absolute Gasteiger partial charge is 0.478 e. The van der Waals surface area contributed by atoms with E-state index in [1.807, 2.05) is 13.8 Å². The van der Waals surface area contributed by atoms with Gasteiger partial charge in [-0.2, -0.15) is 5.10 Å². The summed E-state index contributed by atoms with van der Waals surface area (Å²) in [7, 11) is 0. The van der Waals surface area contributed by atoms with Crippen LogP contribution in [0.3, 0.4) is 0 Å². The number of carbonyl (C=O) groups excluding carboxylic acids is 1. The summed E-state index contributed by atoms with van der Waals surface area (Å²) in [4.78, 5) is 23.0. The maximum atomic E-state index is 12.0. The Bertz CT molecular complexity index is 690. The second-order valence-corrected chi connectivity index (χ2v) is 5.11. The third-order valence-corrected chi connectivity index (χ3v) is 3.26. The average Bonchev–Trinajstić information content (AvgIpc) is 2.69. The molecule has 0 saturated carbocycles. The van der Waals surface area contributed by atoms with Crippen molar-refractivity contribution in [3.63, 3.8) is 0 Å². The molecule has 2 rings (SSSR count). The lowest BCUT2D eigenvalue weighted by Gasteiger charge is -2.07. The van der Waals surface area contributed by atoms with Crippen LogP contribution in [0.5, 0.6) is 0 Å². The van der Waals surface area contributed by atoms with Crippen LogP contribution in [0.15, 0.2) is 18.2 Å². The Morgan fingerprint density at radius 2 is 2.05 bits per heavy atom. The number of carboxylic acids is 1. The van der Waals surface area contributed by atoms with Gasteiger partial charge in [-0.05, 0) is 32.0 Å². The summed E-state index contributed by atoms with van der Waals surface area (Å²) in [5.74, 6) is -1.37. The van der Waals surface area contributed by atoms with E-state index >= 15 is 0 Å². The average molecular weight is 308 g/mol. The second-order valence-electron chi connectivity index (χ2n) is 4.67. The molecule has 0 spiro atoms. The van der Waals surface area contributed by atoms with Crippen LogP contribution in [0.1, 0.15) is 27.3 Å². The van der Waals surface area contributed by atoms with E-state index in [1.54, 1.807) is 0 Å². The van der Waals surface area contributed by atoms with Crippen LogP contribution in [0, 0.1) is 13.8 Å². The van der Waals surface area contributed by atoms with Gasteiger partial charge in [-0.1, -0.05) is 11.6 Å². The fourth-order valence-electron chi connectivity index (χ4n) is 1.99. The number of aromatic carboxylic acids is 1. The molecule has 0 atom stereocenters. The molecule has 0 bridgehead atoms. The molecule has 1 aromatic carbocycles. The topological polar surface area (TPSA) is 95.1 Å². The molecule has 2 aromatic rings. The Labute approximate surface area is 126 Å². The van der Waals surface area contributed by atoms with Gasteiger partial charge in [-0.3, -0.25) is 9.89 Å². The number of carboxylic acid groups (broad SMARTS) is 1. The summed E-state index contributed by atoms with van der Waals surface area (Å²) in [6, 6.07) is 4.19. The lowest BCUT2D eigenvalue weighted by Crippen LogP contribution is -2.15. The van der Waals surface area contributed by atoms with Gasteiger partial charge >= 0.3 is 5.97 Å². The number of anilines is 1. The Kier molecular flexibility index (Phi) is 4.28. The number of benzene rings is 1. The summed E-state index contributed by atoms with van der Waals surface area (Å²) in [6.45, 7) is 3.65. The number of carbonyl (C=O) groups is 2. The number of H-pyrrole nitrogens is 1. The van der Waals surface area contributed by atoms with E-state index in [0.717, 1.165) is 17.0 Å². The van der Waals surface area contributed by atoms with Gasteiger partial charge < -0.3 is 10.4 Å². The summed E-state index contributed by atoms with van der Waals surface area (Å²) < 4.78 is 0.